The van der Waals surface area contributed by atoms with E-state index in [-0.39, 0.29) is 37.1 Å². The summed E-state index contributed by atoms with van der Waals surface area (Å²) in [4.78, 5) is 15.6. The molecule has 1 saturated heterocycles. The van der Waals surface area contributed by atoms with Crippen LogP contribution in [-0.2, 0) is 0 Å². The van der Waals surface area contributed by atoms with Crippen LogP contribution < -0.4 is 20.4 Å². The monoisotopic (exact) mass is 606 g/mol. The van der Waals surface area contributed by atoms with Crippen molar-refractivity contribution in [3.05, 3.63) is 101 Å². The van der Waals surface area contributed by atoms with Crippen LogP contribution in [0.2, 0.25) is 5.02 Å². The SMILES string of the molecule is O=C(NC(=S)Nc1ccc(N2CCN(c3c(F)c(F)c(F)c(F)c3F)CC2)cc1)c1ccc(-c2cccc(Cl)c2)o1. The molecular weight excluding hydrogens is 587 g/mol. The van der Waals surface area contributed by atoms with Gasteiger partial charge in [-0.2, -0.15) is 0 Å². The minimum atomic E-state index is -2.18. The van der Waals surface area contributed by atoms with Gasteiger partial charge in [-0.25, -0.2) is 22.0 Å². The summed E-state index contributed by atoms with van der Waals surface area (Å²) < 4.78 is 74.6. The van der Waals surface area contributed by atoms with Crippen LogP contribution in [0.1, 0.15) is 10.6 Å². The molecule has 0 bridgehead atoms. The van der Waals surface area contributed by atoms with E-state index in [1.165, 1.54) is 6.07 Å². The summed E-state index contributed by atoms with van der Waals surface area (Å²) in [5, 5.41) is 6.03. The lowest BCUT2D eigenvalue weighted by molar-refractivity contribution is 0.0951. The molecule has 1 aliphatic rings. The number of hydrogen-bond acceptors (Lipinski definition) is 5. The minimum Gasteiger partial charge on any atom is -0.451 e. The minimum absolute atomic E-state index is 0.0416. The first kappa shape index (κ1) is 28.4. The van der Waals surface area contributed by atoms with E-state index in [9.17, 15) is 26.7 Å². The highest BCUT2D eigenvalue weighted by atomic mass is 35.5. The molecule has 4 aromatic rings. The number of piperazine rings is 1. The lowest BCUT2D eigenvalue weighted by atomic mass is 10.2. The second-order valence-electron chi connectivity index (χ2n) is 9.02. The zero-order valence-corrected chi connectivity index (χ0v) is 22.6. The van der Waals surface area contributed by atoms with Gasteiger partial charge in [-0.3, -0.25) is 10.1 Å². The Kier molecular flexibility index (Phi) is 8.13. The normalized spacial score (nSPS) is 13.3. The highest BCUT2D eigenvalue weighted by Gasteiger charge is 2.30. The fourth-order valence-electron chi connectivity index (χ4n) is 4.40. The molecule has 3 aromatic carbocycles. The van der Waals surface area contributed by atoms with Crippen LogP contribution in [0, 0.1) is 29.1 Å². The van der Waals surface area contributed by atoms with Crippen molar-refractivity contribution in [2.24, 2.45) is 0 Å². The van der Waals surface area contributed by atoms with Gasteiger partial charge in [0.2, 0.25) is 5.82 Å². The van der Waals surface area contributed by atoms with E-state index in [1.807, 2.05) is 4.90 Å². The van der Waals surface area contributed by atoms with E-state index in [0.717, 1.165) is 16.2 Å². The number of amides is 1. The van der Waals surface area contributed by atoms with Crippen LogP contribution in [0.3, 0.4) is 0 Å². The smallest absolute Gasteiger partial charge is 0.293 e. The van der Waals surface area contributed by atoms with Crippen molar-refractivity contribution in [1.82, 2.24) is 5.32 Å². The third-order valence-electron chi connectivity index (χ3n) is 6.44. The number of nitrogens with zero attached hydrogens (tertiary/aromatic N) is 2. The van der Waals surface area contributed by atoms with Crippen molar-refractivity contribution >= 4 is 51.9 Å². The predicted molar refractivity (Wildman–Crippen MR) is 150 cm³/mol. The maximum absolute atomic E-state index is 14.2. The summed E-state index contributed by atoms with van der Waals surface area (Å²) in [7, 11) is 0. The fraction of sp³-hybridized carbons (Fsp3) is 0.143. The molecule has 0 aliphatic carbocycles. The summed E-state index contributed by atoms with van der Waals surface area (Å²) in [6.45, 7) is 0.642. The highest BCUT2D eigenvalue weighted by molar-refractivity contribution is 7.80. The van der Waals surface area contributed by atoms with Crippen LogP contribution in [0.5, 0.6) is 0 Å². The fourth-order valence-corrected chi connectivity index (χ4v) is 4.80. The maximum atomic E-state index is 14.2. The number of furan rings is 1. The molecule has 0 unspecified atom stereocenters. The largest absolute Gasteiger partial charge is 0.451 e. The van der Waals surface area contributed by atoms with E-state index in [4.69, 9.17) is 28.2 Å². The van der Waals surface area contributed by atoms with Crippen LogP contribution in [0.25, 0.3) is 11.3 Å². The van der Waals surface area contributed by atoms with Gasteiger partial charge in [-0.15, -0.1) is 0 Å². The van der Waals surface area contributed by atoms with Gasteiger partial charge in [0.1, 0.15) is 11.4 Å². The second-order valence-corrected chi connectivity index (χ2v) is 9.87. The van der Waals surface area contributed by atoms with Gasteiger partial charge in [-0.05, 0) is 60.7 Å². The number of benzene rings is 3. The molecule has 0 atom stereocenters. The van der Waals surface area contributed by atoms with Crippen LogP contribution in [0.4, 0.5) is 39.0 Å². The Hall–Kier alpha value is -4.16. The zero-order chi connectivity index (χ0) is 29.3. The van der Waals surface area contributed by atoms with E-state index in [0.29, 0.717) is 16.5 Å². The van der Waals surface area contributed by atoms with Crippen molar-refractivity contribution in [2.45, 2.75) is 0 Å². The van der Waals surface area contributed by atoms with Crippen LogP contribution in [0.15, 0.2) is 65.1 Å². The third kappa shape index (κ3) is 5.98. The average molecular weight is 607 g/mol. The predicted octanol–water partition coefficient (Wildman–Crippen LogP) is 6.75. The van der Waals surface area contributed by atoms with Crippen LogP contribution in [-0.4, -0.2) is 37.2 Å². The Balaban J connectivity index is 1.16. The molecule has 2 N–H and O–H groups in total. The average Bonchev–Trinajstić information content (AvgIpc) is 3.47. The Morgan fingerprint density at radius 3 is 2.05 bits per heavy atom. The van der Waals surface area contributed by atoms with Crippen molar-refractivity contribution in [3.63, 3.8) is 0 Å². The third-order valence-corrected chi connectivity index (χ3v) is 6.88. The first-order valence-corrected chi connectivity index (χ1v) is 13.0. The van der Waals surface area contributed by atoms with Crippen molar-refractivity contribution in [2.75, 3.05) is 41.3 Å². The summed E-state index contributed by atoms with van der Waals surface area (Å²) in [5.74, 6) is -9.82. The molecule has 1 fully saturated rings. The number of hydrogen-bond donors (Lipinski definition) is 2. The van der Waals surface area contributed by atoms with E-state index < -0.39 is 40.7 Å². The molecule has 0 radical (unpaired) electrons. The summed E-state index contributed by atoms with van der Waals surface area (Å²) in [6.07, 6.45) is 0. The van der Waals surface area contributed by atoms with Gasteiger partial charge in [0.15, 0.2) is 34.1 Å². The molecule has 13 heteroatoms. The molecule has 1 aliphatic heterocycles. The van der Waals surface area contributed by atoms with E-state index >= 15 is 0 Å². The summed E-state index contributed by atoms with van der Waals surface area (Å²) >= 11 is 11.2. The number of thiocarbonyl (C=S) groups is 1. The van der Waals surface area contributed by atoms with Gasteiger partial charge >= 0.3 is 0 Å². The quantitative estimate of drug-likeness (QED) is 0.113. The first-order chi connectivity index (χ1) is 19.6. The molecule has 0 spiro atoms. The molecule has 0 saturated carbocycles. The van der Waals surface area contributed by atoms with Crippen LogP contribution >= 0.6 is 23.8 Å². The Labute approximate surface area is 241 Å². The highest BCUT2D eigenvalue weighted by Crippen LogP contribution is 2.31. The van der Waals surface area contributed by atoms with Gasteiger partial charge < -0.3 is 19.5 Å². The van der Waals surface area contributed by atoms with Crippen molar-refractivity contribution < 1.29 is 31.2 Å². The number of carbonyl (C=O) groups excluding carboxylic acids is 1. The molecule has 2 heterocycles. The van der Waals surface area contributed by atoms with Crippen molar-refractivity contribution in [3.8, 4) is 11.3 Å². The second kappa shape index (κ2) is 11.8. The molecule has 212 valence electrons. The Morgan fingerprint density at radius 2 is 1.41 bits per heavy atom. The lowest BCUT2D eigenvalue weighted by Crippen LogP contribution is -2.47. The summed E-state index contributed by atoms with van der Waals surface area (Å²) in [5.41, 5.74) is 1.15. The van der Waals surface area contributed by atoms with Gasteiger partial charge in [0.05, 0.1) is 0 Å². The van der Waals surface area contributed by atoms with E-state index in [1.54, 1.807) is 54.6 Å². The number of nitrogens with one attached hydrogen (secondary N) is 2. The molecular formula is C28H20ClF5N4O2S. The molecule has 5 rings (SSSR count). The topological polar surface area (TPSA) is 60.8 Å². The zero-order valence-electron chi connectivity index (χ0n) is 21.0. The standard InChI is InChI=1S/C28H20ClF5N4O2S/c29-16-3-1-2-15(14-16)19-8-9-20(40-19)27(39)36-28(41)35-17-4-6-18(7-5-17)37-10-12-38(13-11-37)26-24(33)22(31)21(30)23(32)25(26)34/h1-9,14H,10-13H2,(H2,35,36,39,41). The van der Waals surface area contributed by atoms with E-state index in [2.05, 4.69) is 10.6 Å². The lowest BCUT2D eigenvalue weighted by Gasteiger charge is -2.37. The number of rotatable bonds is 5. The Bertz CT molecular complexity index is 1600. The number of anilines is 3. The number of halogens is 6. The van der Waals surface area contributed by atoms with Gasteiger partial charge in [-0.1, -0.05) is 23.7 Å². The van der Waals surface area contributed by atoms with Crippen molar-refractivity contribution in [1.29, 1.82) is 0 Å². The molecule has 6 nitrogen and oxygen atoms in total. The summed E-state index contributed by atoms with van der Waals surface area (Å²) in [6, 6.07) is 17.2. The number of carbonyl (C=O) groups is 1. The Morgan fingerprint density at radius 1 is 0.805 bits per heavy atom. The molecule has 1 amide bonds. The molecule has 1 aromatic heterocycles. The van der Waals surface area contributed by atoms with Gasteiger partial charge in [0.25, 0.3) is 5.91 Å². The van der Waals surface area contributed by atoms with Gasteiger partial charge in [0, 0.05) is 48.1 Å². The molecule has 41 heavy (non-hydrogen) atoms. The first-order valence-electron chi connectivity index (χ1n) is 12.2. The maximum Gasteiger partial charge on any atom is 0.293 e.